The summed E-state index contributed by atoms with van der Waals surface area (Å²) in [6.07, 6.45) is -0.767. The van der Waals surface area contributed by atoms with Crippen LogP contribution >= 0.6 is 0 Å². The van der Waals surface area contributed by atoms with Crippen LogP contribution in [-0.4, -0.2) is 6.16 Å². The molecule has 0 saturated heterocycles. The van der Waals surface area contributed by atoms with Crippen molar-refractivity contribution in [3.8, 4) is 33.8 Å². The summed E-state index contributed by atoms with van der Waals surface area (Å²) in [5.41, 5.74) is 5.93. The summed E-state index contributed by atoms with van der Waals surface area (Å²) < 4.78 is 11.2. The number of ether oxygens (including phenoxy) is 2. The Balaban J connectivity index is 1.61. The van der Waals surface area contributed by atoms with Crippen LogP contribution in [0.4, 0.5) is 4.79 Å². The van der Waals surface area contributed by atoms with E-state index in [9.17, 15) is 4.79 Å². The third kappa shape index (κ3) is 4.11. The Kier molecular flexibility index (Phi) is 5.62. The SMILES string of the molecule is Cc1ccccc1-c1ccccc1OC(=O)Oc1ccccc1-c1ccccc1C. The van der Waals surface area contributed by atoms with E-state index in [1.54, 1.807) is 12.1 Å². The van der Waals surface area contributed by atoms with Gasteiger partial charge in [-0.2, -0.15) is 0 Å². The van der Waals surface area contributed by atoms with Gasteiger partial charge >= 0.3 is 6.16 Å². The maximum atomic E-state index is 12.7. The van der Waals surface area contributed by atoms with Gasteiger partial charge in [-0.25, -0.2) is 4.79 Å². The van der Waals surface area contributed by atoms with Crippen molar-refractivity contribution in [2.24, 2.45) is 0 Å². The van der Waals surface area contributed by atoms with Gasteiger partial charge < -0.3 is 9.47 Å². The zero-order chi connectivity index (χ0) is 20.9. The van der Waals surface area contributed by atoms with Crippen LogP contribution in [0.15, 0.2) is 97.1 Å². The maximum Gasteiger partial charge on any atom is 0.519 e. The van der Waals surface area contributed by atoms with Gasteiger partial charge in [-0.05, 0) is 48.2 Å². The lowest BCUT2D eigenvalue weighted by molar-refractivity contribution is 0.152. The van der Waals surface area contributed by atoms with Crippen LogP contribution in [0.2, 0.25) is 0 Å². The van der Waals surface area contributed by atoms with Crippen LogP contribution in [0, 0.1) is 13.8 Å². The number of aryl methyl sites for hydroxylation is 2. The van der Waals surface area contributed by atoms with Gasteiger partial charge in [-0.15, -0.1) is 0 Å². The number of benzene rings is 4. The van der Waals surface area contributed by atoms with Crippen LogP contribution in [0.5, 0.6) is 11.5 Å². The lowest BCUT2D eigenvalue weighted by Crippen LogP contribution is -2.15. The van der Waals surface area contributed by atoms with Gasteiger partial charge in [0.15, 0.2) is 0 Å². The molecule has 3 heteroatoms. The molecule has 0 atom stereocenters. The Labute approximate surface area is 176 Å². The fourth-order valence-electron chi connectivity index (χ4n) is 3.51. The predicted octanol–water partition coefficient (Wildman–Crippen LogP) is 7.22. The van der Waals surface area contributed by atoms with E-state index >= 15 is 0 Å². The molecule has 0 aliphatic rings. The van der Waals surface area contributed by atoms with Crippen molar-refractivity contribution in [1.82, 2.24) is 0 Å². The minimum Gasteiger partial charge on any atom is -0.394 e. The number of carbonyl (C=O) groups excluding carboxylic acids is 1. The number of hydrogen-bond acceptors (Lipinski definition) is 3. The van der Waals surface area contributed by atoms with Gasteiger partial charge in [0.1, 0.15) is 11.5 Å². The largest absolute Gasteiger partial charge is 0.519 e. The van der Waals surface area contributed by atoms with Gasteiger partial charge in [0.25, 0.3) is 0 Å². The quantitative estimate of drug-likeness (QED) is 0.271. The minimum absolute atomic E-state index is 0.463. The highest BCUT2D eigenvalue weighted by Crippen LogP contribution is 2.34. The molecule has 0 heterocycles. The van der Waals surface area contributed by atoms with E-state index in [1.165, 1.54) is 0 Å². The zero-order valence-electron chi connectivity index (χ0n) is 17.0. The van der Waals surface area contributed by atoms with Crippen molar-refractivity contribution in [2.75, 3.05) is 0 Å². The van der Waals surface area contributed by atoms with Crippen molar-refractivity contribution in [3.63, 3.8) is 0 Å². The maximum absolute atomic E-state index is 12.7. The lowest BCUT2D eigenvalue weighted by atomic mass is 10.00. The average Bonchev–Trinajstić information content (AvgIpc) is 2.76. The highest BCUT2D eigenvalue weighted by atomic mass is 16.7. The molecule has 30 heavy (non-hydrogen) atoms. The number of rotatable bonds is 4. The van der Waals surface area contributed by atoms with E-state index in [1.807, 2.05) is 98.8 Å². The average molecular weight is 394 g/mol. The Morgan fingerprint density at radius 3 is 1.23 bits per heavy atom. The summed E-state index contributed by atoms with van der Waals surface area (Å²) in [4.78, 5) is 12.7. The molecule has 0 amide bonds. The summed E-state index contributed by atoms with van der Waals surface area (Å²) in [7, 11) is 0. The van der Waals surface area contributed by atoms with Crippen LogP contribution in [0.1, 0.15) is 11.1 Å². The van der Waals surface area contributed by atoms with Gasteiger partial charge in [0, 0.05) is 11.1 Å². The van der Waals surface area contributed by atoms with Gasteiger partial charge in [-0.1, -0.05) is 84.9 Å². The predicted molar refractivity (Wildman–Crippen MR) is 120 cm³/mol. The standard InChI is InChI=1S/C27H22O3/c1-19-11-3-5-13-21(19)23-15-7-9-17-25(23)29-27(28)30-26-18-10-8-16-24(26)22-14-6-4-12-20(22)2/h3-18H,1-2H3. The van der Waals surface area contributed by atoms with Crippen molar-refractivity contribution < 1.29 is 14.3 Å². The molecule has 0 aliphatic carbocycles. The van der Waals surface area contributed by atoms with E-state index in [0.29, 0.717) is 11.5 Å². The molecule has 148 valence electrons. The first kappa shape index (κ1) is 19.5. The molecule has 4 aromatic carbocycles. The van der Waals surface area contributed by atoms with Gasteiger partial charge in [0.2, 0.25) is 0 Å². The molecular weight excluding hydrogens is 372 g/mol. The van der Waals surface area contributed by atoms with Crippen LogP contribution < -0.4 is 9.47 Å². The second-order valence-corrected chi connectivity index (χ2v) is 7.08. The monoisotopic (exact) mass is 394 g/mol. The third-order valence-corrected chi connectivity index (χ3v) is 5.03. The smallest absolute Gasteiger partial charge is 0.394 e. The second kappa shape index (κ2) is 8.66. The molecule has 0 aromatic heterocycles. The Morgan fingerprint density at radius 1 is 0.500 bits per heavy atom. The molecule has 4 aromatic rings. The summed E-state index contributed by atoms with van der Waals surface area (Å²) in [5, 5.41) is 0. The number of carbonyl (C=O) groups is 1. The molecule has 3 nitrogen and oxygen atoms in total. The van der Waals surface area contributed by atoms with Crippen molar-refractivity contribution in [2.45, 2.75) is 13.8 Å². The summed E-state index contributed by atoms with van der Waals surface area (Å²) >= 11 is 0. The normalized spacial score (nSPS) is 10.5. The minimum atomic E-state index is -0.767. The third-order valence-electron chi connectivity index (χ3n) is 5.03. The molecule has 0 saturated carbocycles. The molecule has 0 bridgehead atoms. The molecular formula is C27H22O3. The fourth-order valence-corrected chi connectivity index (χ4v) is 3.51. The molecule has 4 rings (SSSR count). The molecule has 0 unspecified atom stereocenters. The van der Waals surface area contributed by atoms with Crippen LogP contribution in [0.3, 0.4) is 0 Å². The van der Waals surface area contributed by atoms with E-state index in [0.717, 1.165) is 33.4 Å². The van der Waals surface area contributed by atoms with Crippen molar-refractivity contribution >= 4 is 6.16 Å². The zero-order valence-corrected chi connectivity index (χ0v) is 17.0. The van der Waals surface area contributed by atoms with Gasteiger partial charge in [-0.3, -0.25) is 0 Å². The summed E-state index contributed by atoms with van der Waals surface area (Å²) in [6, 6.07) is 30.9. The summed E-state index contributed by atoms with van der Waals surface area (Å²) in [5.74, 6) is 0.926. The van der Waals surface area contributed by atoms with E-state index in [-0.39, 0.29) is 0 Å². The van der Waals surface area contributed by atoms with E-state index < -0.39 is 6.16 Å². The van der Waals surface area contributed by atoms with Crippen LogP contribution in [-0.2, 0) is 0 Å². The molecule has 0 N–H and O–H groups in total. The van der Waals surface area contributed by atoms with Crippen molar-refractivity contribution in [3.05, 3.63) is 108 Å². The Bertz CT molecular complexity index is 1100. The summed E-state index contributed by atoms with van der Waals surface area (Å²) in [6.45, 7) is 4.06. The molecule has 0 spiro atoms. The number of hydrogen-bond donors (Lipinski definition) is 0. The highest BCUT2D eigenvalue weighted by Gasteiger charge is 2.16. The first-order valence-corrected chi connectivity index (χ1v) is 9.83. The molecule has 0 radical (unpaired) electrons. The Hall–Kier alpha value is -3.85. The van der Waals surface area contributed by atoms with Crippen molar-refractivity contribution in [1.29, 1.82) is 0 Å². The fraction of sp³-hybridized carbons (Fsp3) is 0.0741. The van der Waals surface area contributed by atoms with E-state index in [2.05, 4.69) is 0 Å². The lowest BCUT2D eigenvalue weighted by Gasteiger charge is -2.14. The Morgan fingerprint density at radius 2 is 0.833 bits per heavy atom. The van der Waals surface area contributed by atoms with E-state index in [4.69, 9.17) is 9.47 Å². The highest BCUT2D eigenvalue weighted by molar-refractivity contribution is 5.80. The van der Waals surface area contributed by atoms with Gasteiger partial charge in [0.05, 0.1) is 0 Å². The second-order valence-electron chi connectivity index (χ2n) is 7.08. The first-order chi connectivity index (χ1) is 14.6. The molecule has 0 fully saturated rings. The topological polar surface area (TPSA) is 35.5 Å². The molecule has 0 aliphatic heterocycles. The first-order valence-electron chi connectivity index (χ1n) is 9.83. The number of para-hydroxylation sites is 2. The van der Waals surface area contributed by atoms with Crippen LogP contribution in [0.25, 0.3) is 22.3 Å².